The Morgan fingerprint density at radius 3 is 2.52 bits per heavy atom. The van der Waals surface area contributed by atoms with Crippen LogP contribution in [-0.2, 0) is 11.3 Å². The number of morpholine rings is 1. The Morgan fingerprint density at radius 1 is 1.15 bits per heavy atom. The highest BCUT2D eigenvalue weighted by atomic mass is 16.5. The van der Waals surface area contributed by atoms with Crippen molar-refractivity contribution >= 4 is 5.78 Å². The van der Waals surface area contributed by atoms with Crippen molar-refractivity contribution < 1.29 is 9.53 Å². The van der Waals surface area contributed by atoms with Crippen LogP contribution in [0.5, 0.6) is 0 Å². The molecule has 2 aromatic rings. The van der Waals surface area contributed by atoms with E-state index in [1.807, 2.05) is 25.1 Å². The number of ketones is 1. The highest BCUT2D eigenvalue weighted by molar-refractivity contribution is 6.00. The van der Waals surface area contributed by atoms with E-state index in [9.17, 15) is 10.1 Å². The van der Waals surface area contributed by atoms with Gasteiger partial charge < -0.3 is 4.74 Å². The number of fused-ring (bicyclic) bond motifs is 2. The summed E-state index contributed by atoms with van der Waals surface area (Å²) in [6, 6.07) is 18.7. The lowest BCUT2D eigenvalue weighted by Crippen LogP contribution is -2.57. The molecule has 4 rings (SSSR count). The van der Waals surface area contributed by atoms with E-state index < -0.39 is 0 Å². The number of Topliss-reactive ketones (excluding diaryl/α,β-unsaturated/α-hetero) is 1. The topological polar surface area (TPSA) is 53.3 Å². The van der Waals surface area contributed by atoms with Crippen LogP contribution in [0.3, 0.4) is 0 Å². The van der Waals surface area contributed by atoms with Gasteiger partial charge in [-0.05, 0) is 37.5 Å². The quantitative estimate of drug-likeness (QED) is 0.780. The lowest BCUT2D eigenvalue weighted by molar-refractivity contribution is -0.0872. The first-order valence-electron chi connectivity index (χ1n) is 9.58. The van der Waals surface area contributed by atoms with Crippen LogP contribution in [0, 0.1) is 24.2 Å². The van der Waals surface area contributed by atoms with Crippen LogP contribution in [0.15, 0.2) is 48.5 Å². The summed E-state index contributed by atoms with van der Waals surface area (Å²) >= 11 is 0. The van der Waals surface area contributed by atoms with Crippen LogP contribution < -0.4 is 0 Å². The Kier molecular flexibility index (Phi) is 5.07. The first kappa shape index (κ1) is 17.9. The van der Waals surface area contributed by atoms with Crippen molar-refractivity contribution in [1.82, 2.24) is 4.90 Å². The molecule has 4 nitrogen and oxygen atoms in total. The third-order valence-electron chi connectivity index (χ3n) is 5.81. The molecule has 2 bridgehead atoms. The van der Waals surface area contributed by atoms with Crippen molar-refractivity contribution in [2.75, 3.05) is 13.2 Å². The zero-order valence-corrected chi connectivity index (χ0v) is 15.6. The number of rotatable bonds is 4. The minimum atomic E-state index is -0.0372. The lowest BCUT2D eigenvalue weighted by atomic mass is 9.79. The molecule has 2 unspecified atom stereocenters. The lowest BCUT2D eigenvalue weighted by Gasteiger charge is -2.48. The van der Waals surface area contributed by atoms with Crippen molar-refractivity contribution in [2.24, 2.45) is 5.92 Å². The number of carbonyl (C=O) groups excluding carboxylic acids is 1. The monoisotopic (exact) mass is 360 g/mol. The molecule has 0 aliphatic carbocycles. The van der Waals surface area contributed by atoms with Crippen LogP contribution in [0.25, 0.3) is 0 Å². The molecule has 138 valence electrons. The summed E-state index contributed by atoms with van der Waals surface area (Å²) in [6.07, 6.45) is 1.59. The van der Waals surface area contributed by atoms with Crippen LogP contribution in [-0.4, -0.2) is 36.0 Å². The van der Waals surface area contributed by atoms with Crippen molar-refractivity contribution in [3.05, 3.63) is 70.8 Å². The van der Waals surface area contributed by atoms with E-state index in [4.69, 9.17) is 4.74 Å². The molecule has 2 aliphatic heterocycles. The predicted molar refractivity (Wildman–Crippen MR) is 103 cm³/mol. The first-order valence-corrected chi connectivity index (χ1v) is 9.58. The fraction of sp³-hybridized carbons (Fsp3) is 0.391. The molecule has 2 saturated heterocycles. The molecule has 2 aromatic carbocycles. The fourth-order valence-corrected chi connectivity index (χ4v) is 4.44. The third kappa shape index (κ3) is 3.66. The van der Waals surface area contributed by atoms with E-state index >= 15 is 0 Å². The number of hydrogen-bond donors (Lipinski definition) is 0. The molecule has 0 saturated carbocycles. The van der Waals surface area contributed by atoms with Crippen molar-refractivity contribution in [1.29, 1.82) is 5.26 Å². The molecular weight excluding hydrogens is 336 g/mol. The van der Waals surface area contributed by atoms with Gasteiger partial charge in [-0.1, -0.05) is 42.0 Å². The minimum absolute atomic E-state index is 0.0372. The average Bonchev–Trinajstić information content (AvgIpc) is 2.68. The van der Waals surface area contributed by atoms with Gasteiger partial charge in [0.15, 0.2) is 5.78 Å². The molecule has 27 heavy (non-hydrogen) atoms. The fourth-order valence-electron chi connectivity index (χ4n) is 4.44. The zero-order chi connectivity index (χ0) is 18.8. The van der Waals surface area contributed by atoms with Crippen LogP contribution in [0.1, 0.15) is 39.9 Å². The van der Waals surface area contributed by atoms with Gasteiger partial charge in [0.25, 0.3) is 0 Å². The normalized spacial score (nSPS) is 25.0. The maximum Gasteiger partial charge on any atom is 0.167 e. The number of carbonyl (C=O) groups is 1. The van der Waals surface area contributed by atoms with E-state index in [2.05, 4.69) is 35.2 Å². The smallest absolute Gasteiger partial charge is 0.167 e. The molecule has 0 N–H and O–H groups in total. The Bertz CT molecular complexity index is 858. The van der Waals surface area contributed by atoms with E-state index in [0.717, 1.165) is 24.9 Å². The number of piperidine rings is 1. The van der Waals surface area contributed by atoms with E-state index in [-0.39, 0.29) is 23.8 Å². The molecule has 0 amide bonds. The van der Waals surface area contributed by atoms with Gasteiger partial charge >= 0.3 is 0 Å². The molecule has 2 fully saturated rings. The minimum Gasteiger partial charge on any atom is -0.378 e. The van der Waals surface area contributed by atoms with Crippen molar-refractivity contribution in [3.8, 4) is 6.07 Å². The van der Waals surface area contributed by atoms with Gasteiger partial charge in [0.2, 0.25) is 0 Å². The number of benzene rings is 2. The number of nitrogens with zero attached hydrogens (tertiary/aromatic N) is 2. The number of hydrogen-bond acceptors (Lipinski definition) is 4. The molecule has 0 aromatic heterocycles. The van der Waals surface area contributed by atoms with E-state index in [1.54, 1.807) is 6.07 Å². The maximum absolute atomic E-state index is 13.2. The zero-order valence-electron chi connectivity index (χ0n) is 15.6. The van der Waals surface area contributed by atoms with Crippen LogP contribution >= 0.6 is 0 Å². The van der Waals surface area contributed by atoms with Gasteiger partial charge in [-0.2, -0.15) is 5.26 Å². The van der Waals surface area contributed by atoms with Gasteiger partial charge in [0, 0.05) is 30.1 Å². The average molecular weight is 360 g/mol. The Hall–Kier alpha value is -2.48. The molecule has 0 radical (unpaired) electrons. The highest BCUT2D eigenvalue weighted by Gasteiger charge is 2.41. The summed E-state index contributed by atoms with van der Waals surface area (Å²) in [5.41, 5.74) is 3.38. The molecular formula is C23H24N2O2. The Balaban J connectivity index is 1.54. The Morgan fingerprint density at radius 2 is 1.85 bits per heavy atom. The van der Waals surface area contributed by atoms with Crippen LogP contribution in [0.2, 0.25) is 0 Å². The number of aryl methyl sites for hydroxylation is 1. The molecule has 2 aliphatic rings. The summed E-state index contributed by atoms with van der Waals surface area (Å²) in [5.74, 6) is 0.0799. The molecule has 2 atom stereocenters. The second kappa shape index (κ2) is 7.64. The van der Waals surface area contributed by atoms with Gasteiger partial charge in [0.1, 0.15) is 0 Å². The van der Waals surface area contributed by atoms with Gasteiger partial charge in [-0.3, -0.25) is 9.69 Å². The summed E-state index contributed by atoms with van der Waals surface area (Å²) < 4.78 is 5.80. The summed E-state index contributed by atoms with van der Waals surface area (Å²) in [5, 5.41) is 9.39. The van der Waals surface area contributed by atoms with Crippen LogP contribution in [0.4, 0.5) is 0 Å². The van der Waals surface area contributed by atoms with Crippen molar-refractivity contribution in [3.63, 3.8) is 0 Å². The third-order valence-corrected chi connectivity index (χ3v) is 5.81. The number of nitriles is 1. The largest absolute Gasteiger partial charge is 0.378 e. The molecule has 0 spiro atoms. The second-order valence-corrected chi connectivity index (χ2v) is 7.70. The maximum atomic E-state index is 13.2. The highest BCUT2D eigenvalue weighted by Crippen LogP contribution is 2.35. The van der Waals surface area contributed by atoms with Gasteiger partial charge in [-0.25, -0.2) is 0 Å². The first-order chi connectivity index (χ1) is 13.2. The Labute approximate surface area is 160 Å². The standard InChI is InChI=1S/C23H24N2O2/c1-16-7-8-18(12-24)22(9-16)23(26)19-10-20-14-27-15-21(11-19)25(20)13-17-5-3-2-4-6-17/h2-9,19-21H,10-11,13-15H2,1H3. The summed E-state index contributed by atoms with van der Waals surface area (Å²) in [7, 11) is 0. The number of ether oxygens (including phenoxy) is 1. The van der Waals surface area contributed by atoms with Crippen molar-refractivity contribution in [2.45, 2.75) is 38.4 Å². The van der Waals surface area contributed by atoms with Gasteiger partial charge in [-0.15, -0.1) is 0 Å². The second-order valence-electron chi connectivity index (χ2n) is 7.70. The van der Waals surface area contributed by atoms with E-state index in [1.165, 1.54) is 5.56 Å². The van der Waals surface area contributed by atoms with Gasteiger partial charge in [0.05, 0.1) is 24.8 Å². The SMILES string of the molecule is Cc1ccc(C#N)c(C(=O)C2CC3COCC(C2)N3Cc2ccccc2)c1. The molecule has 2 heterocycles. The predicted octanol–water partition coefficient (Wildman–Crippen LogP) is 3.73. The van der Waals surface area contributed by atoms with E-state index in [0.29, 0.717) is 24.3 Å². The summed E-state index contributed by atoms with van der Waals surface area (Å²) in [6.45, 7) is 4.20. The summed E-state index contributed by atoms with van der Waals surface area (Å²) in [4.78, 5) is 15.7. The molecule has 4 heteroatoms.